The molecule has 1 heterocycles. The molecule has 0 radical (unpaired) electrons. The van der Waals surface area contributed by atoms with Gasteiger partial charge in [-0.3, -0.25) is 0 Å². The Morgan fingerprint density at radius 1 is 1.24 bits per heavy atom. The van der Waals surface area contributed by atoms with E-state index in [1.165, 1.54) is 10.6 Å². The summed E-state index contributed by atoms with van der Waals surface area (Å²) in [6, 6.07) is -0.105. The molecule has 0 aromatic rings. The standard InChI is InChI=1S/C10H21N3O3S/c1-9(2)8-11-10(14)12-4-6-13(7-5-12)17(3,15)16/h9H,4-8H2,1-3H3,(H,11,14). The van der Waals surface area contributed by atoms with Crippen LogP contribution in [0.2, 0.25) is 0 Å². The molecule has 1 N–H and O–H groups in total. The monoisotopic (exact) mass is 263 g/mol. The highest BCUT2D eigenvalue weighted by molar-refractivity contribution is 7.88. The van der Waals surface area contributed by atoms with Gasteiger partial charge in [0.25, 0.3) is 0 Å². The summed E-state index contributed by atoms with van der Waals surface area (Å²) in [6.45, 7) is 6.38. The van der Waals surface area contributed by atoms with E-state index in [9.17, 15) is 13.2 Å². The van der Waals surface area contributed by atoms with Crippen molar-refractivity contribution in [3.63, 3.8) is 0 Å². The number of hydrogen-bond acceptors (Lipinski definition) is 3. The predicted molar refractivity (Wildman–Crippen MR) is 66.2 cm³/mol. The topological polar surface area (TPSA) is 69.7 Å². The second kappa shape index (κ2) is 5.68. The number of carbonyl (C=O) groups excluding carboxylic acids is 1. The van der Waals surface area contributed by atoms with Crippen molar-refractivity contribution in [2.45, 2.75) is 13.8 Å². The third-order valence-electron chi connectivity index (χ3n) is 2.66. The Balaban J connectivity index is 2.39. The Hall–Kier alpha value is -0.820. The molecule has 0 bridgehead atoms. The third kappa shape index (κ3) is 4.51. The van der Waals surface area contributed by atoms with Crippen LogP contribution in [0.15, 0.2) is 0 Å². The molecule has 0 aliphatic carbocycles. The largest absolute Gasteiger partial charge is 0.338 e. The molecule has 1 rings (SSSR count). The Morgan fingerprint density at radius 2 is 1.76 bits per heavy atom. The normalized spacial score (nSPS) is 18.5. The first kappa shape index (κ1) is 14.2. The first-order chi connectivity index (χ1) is 7.80. The maximum Gasteiger partial charge on any atom is 0.317 e. The summed E-state index contributed by atoms with van der Waals surface area (Å²) in [5, 5.41) is 2.82. The number of urea groups is 1. The van der Waals surface area contributed by atoms with E-state index in [1.807, 2.05) is 13.8 Å². The summed E-state index contributed by atoms with van der Waals surface area (Å²) >= 11 is 0. The lowest BCUT2D eigenvalue weighted by molar-refractivity contribution is 0.171. The zero-order valence-electron chi connectivity index (χ0n) is 10.6. The van der Waals surface area contributed by atoms with Crippen molar-refractivity contribution >= 4 is 16.1 Å². The summed E-state index contributed by atoms with van der Waals surface area (Å²) < 4.78 is 24.0. The van der Waals surface area contributed by atoms with Gasteiger partial charge in [0.15, 0.2) is 0 Å². The molecule has 6 nitrogen and oxygen atoms in total. The third-order valence-corrected chi connectivity index (χ3v) is 3.96. The van der Waals surface area contributed by atoms with Gasteiger partial charge in [-0.15, -0.1) is 0 Å². The van der Waals surface area contributed by atoms with Crippen LogP contribution >= 0.6 is 0 Å². The highest BCUT2D eigenvalue weighted by atomic mass is 32.2. The molecule has 0 spiro atoms. The Kier molecular flexibility index (Phi) is 4.76. The molecule has 1 aliphatic rings. The molecule has 1 fully saturated rings. The van der Waals surface area contributed by atoms with Crippen molar-refractivity contribution in [3.05, 3.63) is 0 Å². The van der Waals surface area contributed by atoms with Gasteiger partial charge < -0.3 is 10.2 Å². The maximum atomic E-state index is 11.7. The van der Waals surface area contributed by atoms with Crippen LogP contribution in [0.25, 0.3) is 0 Å². The molecule has 0 atom stereocenters. The Morgan fingerprint density at radius 3 is 2.18 bits per heavy atom. The fourth-order valence-corrected chi connectivity index (χ4v) is 2.45. The van der Waals surface area contributed by atoms with E-state index >= 15 is 0 Å². The van der Waals surface area contributed by atoms with Crippen LogP contribution in [0.3, 0.4) is 0 Å². The van der Waals surface area contributed by atoms with Gasteiger partial charge >= 0.3 is 6.03 Å². The fourth-order valence-electron chi connectivity index (χ4n) is 1.63. The molecule has 0 aromatic carbocycles. The van der Waals surface area contributed by atoms with Gasteiger partial charge in [0.2, 0.25) is 10.0 Å². The van der Waals surface area contributed by atoms with E-state index in [0.29, 0.717) is 38.6 Å². The van der Waals surface area contributed by atoms with Crippen molar-refractivity contribution in [1.29, 1.82) is 0 Å². The summed E-state index contributed by atoms with van der Waals surface area (Å²) in [5.41, 5.74) is 0. The van der Waals surface area contributed by atoms with Crippen molar-refractivity contribution < 1.29 is 13.2 Å². The first-order valence-corrected chi connectivity index (χ1v) is 7.63. The van der Waals surface area contributed by atoms with Gasteiger partial charge in [0, 0.05) is 32.7 Å². The molecule has 0 aromatic heterocycles. The van der Waals surface area contributed by atoms with Gasteiger partial charge in [0.05, 0.1) is 6.26 Å². The quantitative estimate of drug-likeness (QED) is 0.775. The number of piperazine rings is 1. The average Bonchev–Trinajstić information content (AvgIpc) is 2.25. The van der Waals surface area contributed by atoms with Crippen LogP contribution in [0.5, 0.6) is 0 Å². The molecular formula is C10H21N3O3S. The number of hydrogen-bond donors (Lipinski definition) is 1. The zero-order valence-corrected chi connectivity index (χ0v) is 11.5. The first-order valence-electron chi connectivity index (χ1n) is 5.78. The number of carbonyl (C=O) groups is 1. The van der Waals surface area contributed by atoms with Gasteiger partial charge in [-0.1, -0.05) is 13.8 Å². The molecule has 2 amide bonds. The summed E-state index contributed by atoms with van der Waals surface area (Å²) in [5.74, 6) is 0.413. The second-order valence-corrected chi connectivity index (χ2v) is 6.71. The number of nitrogens with one attached hydrogen (secondary N) is 1. The van der Waals surface area contributed by atoms with E-state index in [0.717, 1.165) is 0 Å². The Bertz CT molecular complexity index is 359. The number of nitrogens with zero attached hydrogens (tertiary/aromatic N) is 2. The predicted octanol–water partition coefficient (Wildman–Crippen LogP) is -0.0708. The van der Waals surface area contributed by atoms with Gasteiger partial charge in [-0.05, 0) is 5.92 Å². The van der Waals surface area contributed by atoms with E-state index in [2.05, 4.69) is 5.32 Å². The lowest BCUT2D eigenvalue weighted by Crippen LogP contribution is -2.53. The summed E-state index contributed by atoms with van der Waals surface area (Å²) in [6.07, 6.45) is 1.20. The Labute approximate surface area is 103 Å². The lowest BCUT2D eigenvalue weighted by Gasteiger charge is -2.33. The minimum absolute atomic E-state index is 0.105. The lowest BCUT2D eigenvalue weighted by atomic mass is 10.2. The molecule has 1 saturated heterocycles. The van der Waals surface area contributed by atoms with Crippen LogP contribution < -0.4 is 5.32 Å². The minimum Gasteiger partial charge on any atom is -0.338 e. The van der Waals surface area contributed by atoms with Crippen LogP contribution in [0.1, 0.15) is 13.8 Å². The van der Waals surface area contributed by atoms with Crippen LogP contribution in [0, 0.1) is 5.92 Å². The highest BCUT2D eigenvalue weighted by Gasteiger charge is 2.25. The number of sulfonamides is 1. The van der Waals surface area contributed by atoms with Gasteiger partial charge in [-0.25, -0.2) is 13.2 Å². The van der Waals surface area contributed by atoms with Crippen LogP contribution in [-0.2, 0) is 10.0 Å². The van der Waals surface area contributed by atoms with Crippen LogP contribution in [-0.4, -0.2) is 62.6 Å². The maximum absolute atomic E-state index is 11.7. The van der Waals surface area contributed by atoms with E-state index in [4.69, 9.17) is 0 Å². The second-order valence-electron chi connectivity index (χ2n) is 4.73. The fraction of sp³-hybridized carbons (Fsp3) is 0.900. The van der Waals surface area contributed by atoms with Crippen molar-refractivity contribution in [1.82, 2.24) is 14.5 Å². The molecule has 7 heteroatoms. The van der Waals surface area contributed by atoms with E-state index in [-0.39, 0.29) is 6.03 Å². The van der Waals surface area contributed by atoms with Crippen LogP contribution in [0.4, 0.5) is 4.79 Å². The summed E-state index contributed by atoms with van der Waals surface area (Å²) in [7, 11) is -3.13. The van der Waals surface area contributed by atoms with Crippen molar-refractivity contribution in [2.75, 3.05) is 39.0 Å². The SMILES string of the molecule is CC(C)CNC(=O)N1CCN(S(C)(=O)=O)CC1. The van der Waals surface area contributed by atoms with Gasteiger partial charge in [-0.2, -0.15) is 4.31 Å². The highest BCUT2D eigenvalue weighted by Crippen LogP contribution is 2.06. The number of rotatable bonds is 3. The molecule has 1 aliphatic heterocycles. The molecule has 17 heavy (non-hydrogen) atoms. The zero-order chi connectivity index (χ0) is 13.1. The van der Waals surface area contributed by atoms with Crippen molar-refractivity contribution in [3.8, 4) is 0 Å². The molecule has 0 saturated carbocycles. The smallest absolute Gasteiger partial charge is 0.317 e. The minimum atomic E-state index is -3.13. The average molecular weight is 263 g/mol. The molecular weight excluding hydrogens is 242 g/mol. The molecule has 100 valence electrons. The van der Waals surface area contributed by atoms with Crippen molar-refractivity contribution in [2.24, 2.45) is 5.92 Å². The van der Waals surface area contributed by atoms with E-state index in [1.54, 1.807) is 4.90 Å². The number of amides is 2. The van der Waals surface area contributed by atoms with Gasteiger partial charge in [0.1, 0.15) is 0 Å². The molecule has 0 unspecified atom stereocenters. The summed E-state index contributed by atoms with van der Waals surface area (Å²) in [4.78, 5) is 13.4. The van der Waals surface area contributed by atoms with E-state index < -0.39 is 10.0 Å².